The summed E-state index contributed by atoms with van der Waals surface area (Å²) in [6, 6.07) is 13.1. The monoisotopic (exact) mass is 383 g/mol. The summed E-state index contributed by atoms with van der Waals surface area (Å²) in [4.78, 5) is 18.8. The van der Waals surface area contributed by atoms with Crippen molar-refractivity contribution in [2.75, 3.05) is 18.6 Å². The maximum absolute atomic E-state index is 12.6. The Morgan fingerprint density at radius 1 is 1.26 bits per heavy atom. The number of amides is 1. The molecule has 3 aromatic rings. The van der Waals surface area contributed by atoms with E-state index in [1.807, 2.05) is 31.2 Å². The van der Waals surface area contributed by atoms with Crippen molar-refractivity contribution in [2.24, 2.45) is 0 Å². The van der Waals surface area contributed by atoms with Crippen molar-refractivity contribution in [1.82, 2.24) is 10.1 Å². The van der Waals surface area contributed by atoms with Crippen LogP contribution in [-0.2, 0) is 4.79 Å². The molecule has 1 atom stereocenters. The summed E-state index contributed by atoms with van der Waals surface area (Å²) in [7, 11) is 1.57. The summed E-state index contributed by atoms with van der Waals surface area (Å²) >= 11 is 6.10. The van der Waals surface area contributed by atoms with Crippen LogP contribution in [0.3, 0.4) is 0 Å². The number of nitrogens with zero attached hydrogens (tertiary/aromatic N) is 3. The van der Waals surface area contributed by atoms with Gasteiger partial charge in [0.25, 0.3) is 0 Å². The van der Waals surface area contributed by atoms with Gasteiger partial charge in [0.15, 0.2) is 0 Å². The third kappa shape index (κ3) is 3.40. The van der Waals surface area contributed by atoms with Gasteiger partial charge in [-0.1, -0.05) is 40.5 Å². The zero-order valence-electron chi connectivity index (χ0n) is 15.0. The molecule has 0 radical (unpaired) electrons. The van der Waals surface area contributed by atoms with Crippen molar-refractivity contribution < 1.29 is 14.1 Å². The number of rotatable bonds is 4. The molecule has 1 amide bonds. The van der Waals surface area contributed by atoms with E-state index >= 15 is 0 Å². The lowest BCUT2D eigenvalue weighted by Gasteiger charge is -2.19. The minimum absolute atomic E-state index is 0.0316. The molecule has 1 aromatic heterocycles. The first-order valence-electron chi connectivity index (χ1n) is 8.59. The molecule has 7 heteroatoms. The number of halogens is 1. The van der Waals surface area contributed by atoms with Gasteiger partial charge in [-0.25, -0.2) is 0 Å². The summed E-state index contributed by atoms with van der Waals surface area (Å²) in [5.74, 6) is 1.38. The molecule has 2 aromatic carbocycles. The molecule has 1 unspecified atom stereocenters. The van der Waals surface area contributed by atoms with E-state index in [9.17, 15) is 4.79 Å². The van der Waals surface area contributed by atoms with Gasteiger partial charge in [0.1, 0.15) is 5.75 Å². The largest absolute Gasteiger partial charge is 0.495 e. The van der Waals surface area contributed by atoms with Gasteiger partial charge < -0.3 is 14.2 Å². The molecule has 0 saturated carbocycles. The van der Waals surface area contributed by atoms with Crippen LogP contribution in [-0.4, -0.2) is 29.7 Å². The van der Waals surface area contributed by atoms with Crippen molar-refractivity contribution in [3.05, 3.63) is 58.9 Å². The second-order valence-electron chi connectivity index (χ2n) is 6.55. The van der Waals surface area contributed by atoms with E-state index in [4.69, 9.17) is 20.9 Å². The maximum atomic E-state index is 12.6. The first-order chi connectivity index (χ1) is 13.0. The van der Waals surface area contributed by atoms with E-state index in [1.54, 1.807) is 30.2 Å². The molecule has 0 aliphatic carbocycles. The molecule has 27 heavy (non-hydrogen) atoms. The van der Waals surface area contributed by atoms with E-state index < -0.39 is 0 Å². The topological polar surface area (TPSA) is 68.5 Å². The van der Waals surface area contributed by atoms with Gasteiger partial charge in [0.05, 0.1) is 18.7 Å². The fraction of sp³-hybridized carbons (Fsp3) is 0.250. The van der Waals surface area contributed by atoms with Crippen molar-refractivity contribution in [2.45, 2.75) is 19.3 Å². The van der Waals surface area contributed by atoms with E-state index in [-0.39, 0.29) is 11.8 Å². The van der Waals surface area contributed by atoms with E-state index in [0.29, 0.717) is 41.1 Å². The maximum Gasteiger partial charge on any atom is 0.232 e. The van der Waals surface area contributed by atoms with Crippen molar-refractivity contribution >= 4 is 23.2 Å². The number of hydrogen-bond donors (Lipinski definition) is 0. The molecule has 1 saturated heterocycles. The molecule has 1 aliphatic heterocycles. The van der Waals surface area contributed by atoms with Gasteiger partial charge in [-0.3, -0.25) is 4.79 Å². The van der Waals surface area contributed by atoms with Gasteiger partial charge in [0.2, 0.25) is 17.6 Å². The highest BCUT2D eigenvalue weighted by molar-refractivity contribution is 6.31. The molecule has 1 aliphatic rings. The van der Waals surface area contributed by atoms with Crippen LogP contribution in [0.5, 0.6) is 5.75 Å². The molecule has 2 heterocycles. The molecular weight excluding hydrogens is 366 g/mol. The van der Waals surface area contributed by atoms with E-state index in [1.165, 1.54) is 0 Å². The zero-order valence-corrected chi connectivity index (χ0v) is 15.7. The van der Waals surface area contributed by atoms with Crippen LogP contribution in [0.25, 0.3) is 11.4 Å². The number of hydrogen-bond acceptors (Lipinski definition) is 5. The standard InChI is InChI=1S/C20H18ClN3O3/c1-12-4-3-5-13(8-12)19-22-20(27-23-19)14-9-18(25)24(11-14)16-10-15(21)6-7-17(16)26-2/h3-8,10,14H,9,11H2,1-2H3. The van der Waals surface area contributed by atoms with Crippen LogP contribution in [0.4, 0.5) is 5.69 Å². The quantitative estimate of drug-likeness (QED) is 0.674. The first kappa shape index (κ1) is 17.5. The van der Waals surface area contributed by atoms with E-state index in [2.05, 4.69) is 10.1 Å². The number of anilines is 1. The highest BCUT2D eigenvalue weighted by atomic mass is 35.5. The lowest BCUT2D eigenvalue weighted by atomic mass is 10.1. The predicted octanol–water partition coefficient (Wildman–Crippen LogP) is 4.23. The lowest BCUT2D eigenvalue weighted by molar-refractivity contribution is -0.117. The number of aryl methyl sites for hydroxylation is 1. The molecule has 0 spiro atoms. The summed E-state index contributed by atoms with van der Waals surface area (Å²) in [6.45, 7) is 2.45. The number of methoxy groups -OCH3 is 1. The number of benzene rings is 2. The van der Waals surface area contributed by atoms with Gasteiger partial charge in [-0.2, -0.15) is 4.98 Å². The minimum atomic E-state index is -0.174. The smallest absolute Gasteiger partial charge is 0.232 e. The third-order valence-electron chi connectivity index (χ3n) is 4.62. The van der Waals surface area contributed by atoms with Crippen LogP contribution >= 0.6 is 11.6 Å². The summed E-state index contributed by atoms with van der Waals surface area (Å²) in [5.41, 5.74) is 2.66. The average Bonchev–Trinajstić information content (AvgIpc) is 3.28. The molecule has 4 rings (SSSR count). The zero-order chi connectivity index (χ0) is 19.0. The second-order valence-corrected chi connectivity index (χ2v) is 6.98. The summed E-state index contributed by atoms with van der Waals surface area (Å²) < 4.78 is 10.8. The third-order valence-corrected chi connectivity index (χ3v) is 4.86. The fourth-order valence-corrected chi connectivity index (χ4v) is 3.45. The Kier molecular flexibility index (Phi) is 4.58. The SMILES string of the molecule is COc1ccc(Cl)cc1N1CC(c2nc(-c3cccc(C)c3)no2)CC1=O. The number of carbonyl (C=O) groups is 1. The van der Waals surface area contributed by atoms with Crippen molar-refractivity contribution in [3.63, 3.8) is 0 Å². The Morgan fingerprint density at radius 2 is 2.11 bits per heavy atom. The predicted molar refractivity (Wildman–Crippen MR) is 102 cm³/mol. The Labute approximate surface area is 161 Å². The van der Waals surface area contributed by atoms with Crippen LogP contribution < -0.4 is 9.64 Å². The molecule has 1 fully saturated rings. The molecular formula is C20H18ClN3O3. The van der Waals surface area contributed by atoms with Gasteiger partial charge in [-0.05, 0) is 31.2 Å². The van der Waals surface area contributed by atoms with Crippen LogP contribution in [0, 0.1) is 6.92 Å². The Bertz CT molecular complexity index is 1000. The van der Waals surface area contributed by atoms with Crippen LogP contribution in [0.15, 0.2) is 47.0 Å². The first-order valence-corrected chi connectivity index (χ1v) is 8.97. The number of carbonyl (C=O) groups excluding carboxylic acids is 1. The second kappa shape index (κ2) is 7.04. The van der Waals surface area contributed by atoms with Gasteiger partial charge in [-0.15, -0.1) is 0 Å². The highest BCUT2D eigenvalue weighted by Crippen LogP contribution is 2.38. The van der Waals surface area contributed by atoms with Crippen molar-refractivity contribution in [3.8, 4) is 17.1 Å². The summed E-state index contributed by atoms with van der Waals surface area (Å²) in [6.07, 6.45) is 0.297. The van der Waals surface area contributed by atoms with Crippen LogP contribution in [0.1, 0.15) is 23.8 Å². The molecule has 138 valence electrons. The molecule has 6 nitrogen and oxygen atoms in total. The van der Waals surface area contributed by atoms with Crippen molar-refractivity contribution in [1.29, 1.82) is 0 Å². The van der Waals surface area contributed by atoms with Gasteiger partial charge in [0, 0.05) is 23.6 Å². The summed E-state index contributed by atoms with van der Waals surface area (Å²) in [5, 5.41) is 4.62. The van der Waals surface area contributed by atoms with Gasteiger partial charge >= 0.3 is 0 Å². The Hall–Kier alpha value is -2.86. The molecule has 0 N–H and O–H groups in total. The Morgan fingerprint density at radius 3 is 2.89 bits per heavy atom. The highest BCUT2D eigenvalue weighted by Gasteiger charge is 2.36. The Balaban J connectivity index is 1.59. The number of aromatic nitrogens is 2. The minimum Gasteiger partial charge on any atom is -0.495 e. The normalized spacial score (nSPS) is 16.8. The average molecular weight is 384 g/mol. The van der Waals surface area contributed by atoms with Crippen LogP contribution in [0.2, 0.25) is 5.02 Å². The number of ether oxygens (including phenoxy) is 1. The lowest BCUT2D eigenvalue weighted by Crippen LogP contribution is -2.24. The fourth-order valence-electron chi connectivity index (χ4n) is 3.28. The molecule has 0 bridgehead atoms. The van der Waals surface area contributed by atoms with E-state index in [0.717, 1.165) is 11.1 Å².